The van der Waals surface area contributed by atoms with Gasteiger partial charge >= 0.3 is 11.9 Å². The number of hydrogen-bond acceptors (Lipinski definition) is 11. The van der Waals surface area contributed by atoms with Crippen molar-refractivity contribution in [2.24, 2.45) is 34.0 Å². The van der Waals surface area contributed by atoms with E-state index in [1.54, 1.807) is 27.7 Å². The average Bonchev–Trinajstić information content (AvgIpc) is 3.08. The largest absolute Gasteiger partial charge is 0.508 e. The molecule has 20 nitrogen and oxygen atoms in total. The van der Waals surface area contributed by atoms with E-state index in [1.807, 2.05) is 0 Å². The van der Waals surface area contributed by atoms with E-state index in [0.717, 1.165) is 0 Å². The number of hydrogen-bond donors (Lipinski definition) is 12. The molecule has 0 saturated carbocycles. The molecule has 0 unspecified atom stereocenters. The third-order valence-corrected chi connectivity index (χ3v) is 8.22. The molecule has 55 heavy (non-hydrogen) atoms. The van der Waals surface area contributed by atoms with Gasteiger partial charge in [-0.3, -0.25) is 33.8 Å². The Morgan fingerprint density at radius 1 is 0.709 bits per heavy atom. The monoisotopic (exact) mass is 779 g/mol. The van der Waals surface area contributed by atoms with E-state index in [0.29, 0.717) is 12.0 Å². The number of amides is 5. The number of carbonyl (C=O) groups excluding carboxylic acids is 5. The number of aliphatic hydroxyl groups is 1. The number of carboxylic acids is 2. The zero-order chi connectivity index (χ0) is 42.0. The van der Waals surface area contributed by atoms with E-state index in [4.69, 9.17) is 17.2 Å². The maximum atomic E-state index is 13.7. The highest BCUT2D eigenvalue weighted by Gasteiger charge is 2.35. The first-order valence-electron chi connectivity index (χ1n) is 17.9. The highest BCUT2D eigenvalue weighted by molar-refractivity contribution is 5.96. The second kappa shape index (κ2) is 23.3. The van der Waals surface area contributed by atoms with E-state index < -0.39 is 103 Å². The summed E-state index contributed by atoms with van der Waals surface area (Å²) >= 11 is 0. The smallest absolute Gasteiger partial charge is 0.326 e. The molecule has 0 fully saturated rings. The molecule has 1 rings (SSSR count). The lowest BCUT2D eigenvalue weighted by molar-refractivity contribution is -0.143. The van der Waals surface area contributed by atoms with Gasteiger partial charge in [-0.1, -0.05) is 39.8 Å². The SMILES string of the molecule is CC(C)C[C@H](NC(=O)[C@H](CCC(=O)O)NC(=O)[C@@H](NC(=O)[C@@H](NC(=O)[C@H](Cc1ccc(O)cc1)NC(=O)[C@@H](N)CCCN=C(N)N)[C@@H](C)O)C(C)C)C(=O)O. The summed E-state index contributed by atoms with van der Waals surface area (Å²) in [5.74, 6) is -8.05. The van der Waals surface area contributed by atoms with Crippen molar-refractivity contribution in [3.05, 3.63) is 29.8 Å². The van der Waals surface area contributed by atoms with Gasteiger partial charge in [-0.05, 0) is 62.1 Å². The molecule has 0 aromatic heterocycles. The van der Waals surface area contributed by atoms with E-state index in [2.05, 4.69) is 31.6 Å². The number of carbonyl (C=O) groups is 7. The van der Waals surface area contributed by atoms with Crippen LogP contribution in [0.4, 0.5) is 0 Å². The van der Waals surface area contributed by atoms with Gasteiger partial charge in [-0.2, -0.15) is 0 Å². The van der Waals surface area contributed by atoms with Crippen molar-refractivity contribution in [3.63, 3.8) is 0 Å². The normalized spacial score (nSPS) is 14.9. The van der Waals surface area contributed by atoms with Crippen LogP contribution in [0, 0.1) is 11.8 Å². The summed E-state index contributed by atoms with van der Waals surface area (Å²) in [6.45, 7) is 8.01. The number of rotatable bonds is 24. The first kappa shape index (κ1) is 47.5. The minimum atomic E-state index is -1.67. The van der Waals surface area contributed by atoms with Crippen molar-refractivity contribution < 1.29 is 54.0 Å². The van der Waals surface area contributed by atoms with E-state index >= 15 is 0 Å². The number of nitrogens with one attached hydrogen (secondary N) is 5. The number of guanidine groups is 1. The third-order valence-electron chi connectivity index (χ3n) is 8.22. The average molecular weight is 780 g/mol. The van der Waals surface area contributed by atoms with Gasteiger partial charge in [-0.25, -0.2) is 4.79 Å². The maximum absolute atomic E-state index is 13.7. The summed E-state index contributed by atoms with van der Waals surface area (Å²) in [6.07, 6.45) is -2.05. The lowest BCUT2D eigenvalue weighted by Gasteiger charge is -2.29. The second-order valence-corrected chi connectivity index (χ2v) is 14.0. The number of benzene rings is 1. The van der Waals surface area contributed by atoms with Crippen LogP contribution < -0.4 is 43.8 Å². The van der Waals surface area contributed by atoms with Gasteiger partial charge in [0, 0.05) is 19.4 Å². The molecular weight excluding hydrogens is 722 g/mol. The van der Waals surface area contributed by atoms with Gasteiger partial charge in [0.1, 0.15) is 36.0 Å². The van der Waals surface area contributed by atoms with Crippen molar-refractivity contribution in [3.8, 4) is 5.75 Å². The summed E-state index contributed by atoms with van der Waals surface area (Å²) in [7, 11) is 0. The summed E-state index contributed by atoms with van der Waals surface area (Å²) < 4.78 is 0. The van der Waals surface area contributed by atoms with Crippen LogP contribution in [0.1, 0.15) is 72.3 Å². The predicted octanol–water partition coefficient (Wildman–Crippen LogP) is -2.23. The van der Waals surface area contributed by atoms with Crippen molar-refractivity contribution in [1.29, 1.82) is 0 Å². The molecule has 1 aromatic carbocycles. The summed E-state index contributed by atoms with van der Waals surface area (Å²) in [5, 5.41) is 51.2. The maximum Gasteiger partial charge on any atom is 0.326 e. The molecule has 5 amide bonds. The molecule has 0 saturated heterocycles. The molecule has 0 aliphatic heterocycles. The van der Waals surface area contributed by atoms with Crippen LogP contribution in [0.5, 0.6) is 5.75 Å². The molecule has 0 aliphatic carbocycles. The Labute approximate surface area is 319 Å². The van der Waals surface area contributed by atoms with Gasteiger partial charge in [0.15, 0.2) is 5.96 Å². The van der Waals surface area contributed by atoms with Crippen LogP contribution in [0.3, 0.4) is 0 Å². The minimum absolute atomic E-state index is 0.0458. The number of aliphatic carboxylic acids is 2. The number of phenolic OH excluding ortho intramolecular Hbond substituents is 1. The fourth-order valence-electron chi connectivity index (χ4n) is 5.21. The number of nitrogens with two attached hydrogens (primary N) is 3. The molecule has 308 valence electrons. The highest BCUT2D eigenvalue weighted by atomic mass is 16.4. The third kappa shape index (κ3) is 17.9. The molecule has 0 spiro atoms. The van der Waals surface area contributed by atoms with Crippen LogP contribution in [-0.2, 0) is 40.0 Å². The molecule has 1 aromatic rings. The van der Waals surface area contributed by atoms with Crippen LogP contribution in [0.25, 0.3) is 0 Å². The van der Waals surface area contributed by atoms with E-state index in [1.165, 1.54) is 31.2 Å². The lowest BCUT2D eigenvalue weighted by atomic mass is 10.00. The standard InChI is InChI=1S/C35H57N9O11/c1-17(2)15-25(34(54)55)42-30(50)23(12-13-26(47)48)40-32(52)27(18(3)4)43-33(53)28(19(5)45)44-31(51)24(16-20-8-10-21(46)11-9-20)41-29(49)22(36)7-6-14-39-35(37)38/h8-11,17-19,22-25,27-28,45-46H,6-7,12-16,36H2,1-5H3,(H,40,52)(H,41,49)(H,42,50)(H,43,53)(H,44,51)(H,47,48)(H,54,55)(H4,37,38,39)/t19-,22+,23+,24+,25+,27+,28+/m1/s1. The molecule has 20 heteroatoms. The van der Waals surface area contributed by atoms with Crippen LogP contribution >= 0.6 is 0 Å². The van der Waals surface area contributed by atoms with E-state index in [9.17, 15) is 54.0 Å². The Bertz CT molecular complexity index is 1500. The fraction of sp³-hybridized carbons (Fsp3) is 0.600. The summed E-state index contributed by atoms with van der Waals surface area (Å²) in [5.41, 5.74) is 17.2. The van der Waals surface area contributed by atoms with Crippen molar-refractivity contribution in [1.82, 2.24) is 26.6 Å². The molecule has 0 bridgehead atoms. The van der Waals surface area contributed by atoms with Gasteiger partial charge in [0.05, 0.1) is 12.1 Å². The zero-order valence-electron chi connectivity index (χ0n) is 31.8. The number of aliphatic hydroxyl groups excluding tert-OH is 1. The summed E-state index contributed by atoms with van der Waals surface area (Å²) in [4.78, 5) is 93.8. The van der Waals surface area contributed by atoms with Crippen LogP contribution in [0.2, 0.25) is 0 Å². The van der Waals surface area contributed by atoms with Gasteiger partial charge in [-0.15, -0.1) is 0 Å². The number of carboxylic acid groups (broad SMARTS) is 2. The highest BCUT2D eigenvalue weighted by Crippen LogP contribution is 2.13. The van der Waals surface area contributed by atoms with Gasteiger partial charge in [0.25, 0.3) is 0 Å². The lowest BCUT2D eigenvalue weighted by Crippen LogP contribution is -2.62. The Kier molecular flexibility index (Phi) is 20.1. The zero-order valence-corrected chi connectivity index (χ0v) is 31.8. The fourth-order valence-corrected chi connectivity index (χ4v) is 5.21. The van der Waals surface area contributed by atoms with E-state index in [-0.39, 0.29) is 43.4 Å². The van der Waals surface area contributed by atoms with Crippen molar-refractivity contribution in [2.45, 2.75) is 115 Å². The Balaban J connectivity index is 3.25. The number of nitrogens with zero attached hydrogens (tertiary/aromatic N) is 1. The van der Waals surface area contributed by atoms with Crippen LogP contribution in [0.15, 0.2) is 29.3 Å². The minimum Gasteiger partial charge on any atom is -0.508 e. The number of aromatic hydroxyl groups is 1. The summed E-state index contributed by atoms with van der Waals surface area (Å²) in [6, 6.07) is -2.51. The van der Waals surface area contributed by atoms with Crippen molar-refractivity contribution in [2.75, 3.05) is 6.54 Å². The Morgan fingerprint density at radius 3 is 1.75 bits per heavy atom. The molecule has 0 aliphatic rings. The van der Waals surface area contributed by atoms with Crippen molar-refractivity contribution >= 4 is 47.4 Å². The Morgan fingerprint density at radius 2 is 1.24 bits per heavy atom. The first-order chi connectivity index (χ1) is 25.6. The topological polar surface area (TPSA) is 351 Å². The molecule has 0 radical (unpaired) electrons. The molecular formula is C35H57N9O11. The van der Waals surface area contributed by atoms with Crippen LogP contribution in [-0.4, -0.2) is 117 Å². The number of phenols is 1. The molecule has 15 N–H and O–H groups in total. The quantitative estimate of drug-likeness (QED) is 0.0300. The molecule has 7 atom stereocenters. The first-order valence-corrected chi connectivity index (χ1v) is 17.9. The van der Waals surface area contributed by atoms with Gasteiger partial charge in [0.2, 0.25) is 29.5 Å². The second-order valence-electron chi connectivity index (χ2n) is 14.0. The Hall–Kier alpha value is -5.50. The number of aliphatic imine (C=N–C) groups is 1. The molecule has 0 heterocycles. The van der Waals surface area contributed by atoms with Gasteiger partial charge < -0.3 is 64.2 Å². The predicted molar refractivity (Wildman–Crippen MR) is 200 cm³/mol.